The highest BCUT2D eigenvalue weighted by molar-refractivity contribution is 7.25. The van der Waals surface area contributed by atoms with E-state index in [1.54, 1.807) is 0 Å². The molecular weight excluding hydrogens is 851 g/mol. The molecule has 1 aromatic heterocycles. The monoisotopic (exact) mass is 895 g/mol. The summed E-state index contributed by atoms with van der Waals surface area (Å²) in [6.07, 6.45) is 0. The molecule has 12 aromatic carbocycles. The maximum Gasteiger partial charge on any atom is 0.0465 e. The summed E-state index contributed by atoms with van der Waals surface area (Å²) in [6.45, 7) is 4.73. The average Bonchev–Trinajstić information content (AvgIpc) is 3.88. The molecule has 0 spiro atoms. The highest BCUT2D eigenvalue weighted by Crippen LogP contribution is 2.52. The van der Waals surface area contributed by atoms with Crippen molar-refractivity contribution in [2.24, 2.45) is 0 Å². The molecule has 324 valence electrons. The van der Waals surface area contributed by atoms with E-state index in [2.05, 4.69) is 255 Å². The fourth-order valence-electron chi connectivity index (χ4n) is 11.7. The van der Waals surface area contributed by atoms with Crippen LogP contribution in [0.5, 0.6) is 0 Å². The summed E-state index contributed by atoms with van der Waals surface area (Å²) in [7, 11) is 0. The summed E-state index contributed by atoms with van der Waals surface area (Å²) in [6, 6.07) is 88.3. The molecule has 0 bridgehead atoms. The summed E-state index contributed by atoms with van der Waals surface area (Å²) in [5, 5.41) is 12.8. The van der Waals surface area contributed by atoms with Crippen molar-refractivity contribution in [1.29, 1.82) is 0 Å². The zero-order chi connectivity index (χ0) is 45.8. The number of thiophene rings is 1. The molecule has 14 rings (SSSR count). The number of hydrogen-bond donors (Lipinski definition) is 0. The van der Waals surface area contributed by atoms with E-state index in [-0.39, 0.29) is 5.41 Å². The van der Waals surface area contributed by atoms with Crippen molar-refractivity contribution < 1.29 is 0 Å². The Labute approximate surface area is 405 Å². The SMILES string of the molecule is CC1(C)c2ccccc2-c2ccc(N(c3ccc(-c4ccccc4)cc3)c3ccc(-c4ccc5c6ccccc6c6ccccc6c5c4-c4ccc5sc6cc7ccccc7cc6c5c4)cc3)cc21. The molecule has 0 amide bonds. The molecule has 0 N–H and O–H groups in total. The van der Waals surface area contributed by atoms with Gasteiger partial charge in [-0.2, -0.15) is 0 Å². The highest BCUT2D eigenvalue weighted by atomic mass is 32.1. The molecule has 0 radical (unpaired) electrons. The van der Waals surface area contributed by atoms with Crippen LogP contribution in [-0.2, 0) is 5.41 Å². The third kappa shape index (κ3) is 6.22. The Bertz CT molecular complexity index is 4160. The molecule has 1 aliphatic carbocycles. The van der Waals surface area contributed by atoms with Crippen LogP contribution in [0.25, 0.3) is 108 Å². The molecule has 13 aromatic rings. The predicted octanol–water partition coefficient (Wildman–Crippen LogP) is 19.4. The Balaban J connectivity index is 0.968. The molecule has 0 saturated heterocycles. The van der Waals surface area contributed by atoms with E-state index in [1.165, 1.54) is 119 Å². The van der Waals surface area contributed by atoms with Crippen LogP contribution in [0.3, 0.4) is 0 Å². The largest absolute Gasteiger partial charge is 0.310 e. The van der Waals surface area contributed by atoms with Crippen LogP contribution in [0.1, 0.15) is 25.0 Å². The quantitative estimate of drug-likeness (QED) is 0.150. The second-order valence-corrected chi connectivity index (χ2v) is 20.3. The molecule has 0 unspecified atom stereocenters. The first-order chi connectivity index (χ1) is 34.0. The van der Waals surface area contributed by atoms with Crippen LogP contribution in [0.15, 0.2) is 237 Å². The van der Waals surface area contributed by atoms with E-state index >= 15 is 0 Å². The third-order valence-electron chi connectivity index (χ3n) is 15.0. The molecule has 1 heterocycles. The third-order valence-corrected chi connectivity index (χ3v) is 16.2. The lowest BCUT2D eigenvalue weighted by Crippen LogP contribution is -2.16. The molecule has 69 heavy (non-hydrogen) atoms. The molecular formula is C67H45NS. The van der Waals surface area contributed by atoms with Crippen LogP contribution in [0.2, 0.25) is 0 Å². The number of fused-ring (bicyclic) bond motifs is 13. The molecule has 0 atom stereocenters. The lowest BCUT2D eigenvalue weighted by atomic mass is 9.82. The second-order valence-electron chi connectivity index (χ2n) is 19.2. The van der Waals surface area contributed by atoms with Gasteiger partial charge in [0.2, 0.25) is 0 Å². The first kappa shape index (κ1) is 39.8. The fourth-order valence-corrected chi connectivity index (χ4v) is 12.8. The van der Waals surface area contributed by atoms with E-state index in [9.17, 15) is 0 Å². The Hall–Kier alpha value is -8.30. The van der Waals surface area contributed by atoms with Crippen LogP contribution in [0, 0.1) is 0 Å². The van der Waals surface area contributed by atoms with Crippen LogP contribution < -0.4 is 4.90 Å². The van der Waals surface area contributed by atoms with Gasteiger partial charge in [-0.1, -0.05) is 190 Å². The zero-order valence-corrected chi connectivity index (χ0v) is 39.2. The summed E-state index contributed by atoms with van der Waals surface area (Å²) in [5.41, 5.74) is 15.9. The fraction of sp³-hybridized carbons (Fsp3) is 0.0448. The van der Waals surface area contributed by atoms with Gasteiger partial charge in [0, 0.05) is 42.6 Å². The van der Waals surface area contributed by atoms with Crippen LogP contribution in [0.4, 0.5) is 17.1 Å². The number of anilines is 3. The van der Waals surface area contributed by atoms with Crippen molar-refractivity contribution in [2.75, 3.05) is 4.90 Å². The standard InChI is InChI=1S/C67H45NS/c1-67(2)61-23-13-12-21-55(61)56-34-33-50(41-62(56)67)68(48-29-24-43(25-30-48)42-14-4-3-5-15-42)49-31-26-44(27-32-49)51-35-36-58-54-20-9-8-18-52(54)53-19-10-11-22-57(53)66(58)65(51)47-28-37-63-59(39-47)60-38-45-16-6-7-17-46(45)40-64(60)69-63/h3-41H,1-2H3. The maximum atomic E-state index is 2.47. The number of benzene rings is 12. The van der Waals surface area contributed by atoms with Gasteiger partial charge >= 0.3 is 0 Å². The minimum atomic E-state index is -0.122. The topological polar surface area (TPSA) is 3.24 Å². The Kier molecular flexibility index (Phi) is 8.87. The van der Waals surface area contributed by atoms with Crippen molar-refractivity contribution >= 4 is 91.7 Å². The molecule has 0 fully saturated rings. The predicted molar refractivity (Wildman–Crippen MR) is 298 cm³/mol. The number of hydrogen-bond acceptors (Lipinski definition) is 2. The highest BCUT2D eigenvalue weighted by Gasteiger charge is 2.36. The van der Waals surface area contributed by atoms with Crippen molar-refractivity contribution in [3.63, 3.8) is 0 Å². The smallest absolute Gasteiger partial charge is 0.0465 e. The van der Waals surface area contributed by atoms with Gasteiger partial charge in [-0.05, 0) is 159 Å². The van der Waals surface area contributed by atoms with Gasteiger partial charge < -0.3 is 4.90 Å². The zero-order valence-electron chi connectivity index (χ0n) is 38.4. The Morgan fingerprint density at radius 3 is 1.58 bits per heavy atom. The van der Waals surface area contributed by atoms with E-state index in [1.807, 2.05) is 11.3 Å². The molecule has 0 saturated carbocycles. The van der Waals surface area contributed by atoms with Gasteiger partial charge in [0.05, 0.1) is 0 Å². The molecule has 1 nitrogen and oxygen atoms in total. The van der Waals surface area contributed by atoms with Gasteiger partial charge in [-0.25, -0.2) is 0 Å². The van der Waals surface area contributed by atoms with E-state index in [4.69, 9.17) is 0 Å². The molecule has 0 aliphatic heterocycles. The summed E-state index contributed by atoms with van der Waals surface area (Å²) >= 11 is 1.89. The van der Waals surface area contributed by atoms with Crippen LogP contribution >= 0.6 is 11.3 Å². The maximum absolute atomic E-state index is 2.47. The number of rotatable bonds is 6. The Morgan fingerprint density at radius 2 is 0.841 bits per heavy atom. The minimum absolute atomic E-state index is 0.122. The average molecular weight is 896 g/mol. The van der Waals surface area contributed by atoms with E-state index in [0.717, 1.165) is 17.1 Å². The second kappa shape index (κ2) is 15.4. The first-order valence-corrected chi connectivity index (χ1v) is 24.8. The summed E-state index contributed by atoms with van der Waals surface area (Å²) in [4.78, 5) is 2.43. The number of nitrogens with zero attached hydrogens (tertiary/aromatic N) is 1. The summed E-state index contributed by atoms with van der Waals surface area (Å²) < 4.78 is 2.63. The normalized spacial score (nSPS) is 12.9. The van der Waals surface area contributed by atoms with E-state index < -0.39 is 0 Å². The first-order valence-electron chi connectivity index (χ1n) is 24.0. The van der Waals surface area contributed by atoms with E-state index in [0.29, 0.717) is 0 Å². The lowest BCUT2D eigenvalue weighted by molar-refractivity contribution is 0.660. The molecule has 2 heteroatoms. The molecule has 1 aliphatic rings. The van der Waals surface area contributed by atoms with Crippen molar-refractivity contribution in [1.82, 2.24) is 0 Å². The van der Waals surface area contributed by atoms with Gasteiger partial charge in [0.1, 0.15) is 0 Å². The van der Waals surface area contributed by atoms with Gasteiger partial charge in [-0.3, -0.25) is 0 Å². The van der Waals surface area contributed by atoms with Gasteiger partial charge in [0.25, 0.3) is 0 Å². The van der Waals surface area contributed by atoms with Crippen LogP contribution in [-0.4, -0.2) is 0 Å². The van der Waals surface area contributed by atoms with Gasteiger partial charge in [-0.15, -0.1) is 11.3 Å². The van der Waals surface area contributed by atoms with Crippen molar-refractivity contribution in [2.45, 2.75) is 19.3 Å². The summed E-state index contributed by atoms with van der Waals surface area (Å²) in [5.74, 6) is 0. The van der Waals surface area contributed by atoms with Gasteiger partial charge in [0.15, 0.2) is 0 Å². The lowest BCUT2D eigenvalue weighted by Gasteiger charge is -2.28. The van der Waals surface area contributed by atoms with Crippen molar-refractivity contribution in [3.8, 4) is 44.5 Å². The minimum Gasteiger partial charge on any atom is -0.310 e. The Morgan fingerprint density at radius 1 is 0.319 bits per heavy atom. The van der Waals surface area contributed by atoms with Crippen molar-refractivity contribution in [3.05, 3.63) is 248 Å².